The van der Waals surface area contributed by atoms with Gasteiger partial charge in [0.15, 0.2) is 40.6 Å². The summed E-state index contributed by atoms with van der Waals surface area (Å²) in [5, 5.41) is 0.485. The van der Waals surface area contributed by atoms with E-state index in [-0.39, 0.29) is 17.7 Å². The molecule has 0 saturated carbocycles. The van der Waals surface area contributed by atoms with Gasteiger partial charge < -0.3 is 23.8 Å². The Morgan fingerprint density at radius 1 is 0.787 bits per heavy atom. The standard InChI is InChI=1S/C34H31N5O7S/c1-38(2)28-25-29(37-34(36-28)47-3)39(20-35-25)30-27(46-33(42)23-17-11-6-12-18-23)26(45-32(41)22-15-9-5-10-16-22)24(44-30)19-43-31(40)21-13-7-4-8-14-21/h4-18,20,24,26-27,30H,19H2,1-3H3/t24-,26+,27-,30-/m1/s1. The van der Waals surface area contributed by atoms with Crippen molar-refractivity contribution in [2.75, 3.05) is 31.9 Å². The molecule has 4 atom stereocenters. The number of benzene rings is 3. The maximum absolute atomic E-state index is 13.5. The summed E-state index contributed by atoms with van der Waals surface area (Å²) < 4.78 is 25.9. The van der Waals surface area contributed by atoms with Gasteiger partial charge in [0, 0.05) is 14.1 Å². The third-order valence-corrected chi connectivity index (χ3v) is 7.99. The summed E-state index contributed by atoms with van der Waals surface area (Å²) in [5.41, 5.74) is 1.81. The van der Waals surface area contributed by atoms with Crippen LogP contribution in [0.5, 0.6) is 0 Å². The van der Waals surface area contributed by atoms with Crippen molar-refractivity contribution >= 4 is 46.7 Å². The van der Waals surface area contributed by atoms with Crippen LogP contribution >= 0.6 is 11.8 Å². The number of hydrogen-bond acceptors (Lipinski definition) is 12. The van der Waals surface area contributed by atoms with Gasteiger partial charge >= 0.3 is 17.9 Å². The first-order valence-electron chi connectivity index (χ1n) is 14.7. The summed E-state index contributed by atoms with van der Waals surface area (Å²) >= 11 is 1.35. The molecule has 12 nitrogen and oxygen atoms in total. The SMILES string of the molecule is CSc1nc(N(C)C)c2ncn([C@@H]3O[C@H](COC(=O)c4ccccc4)[C@H](OC(=O)c4ccccc4)[C@H]3OC(=O)c3ccccc3)c2n1. The Morgan fingerprint density at radius 2 is 1.32 bits per heavy atom. The minimum atomic E-state index is -1.20. The normalized spacial score (nSPS) is 18.9. The number of rotatable bonds is 10. The molecule has 1 saturated heterocycles. The average Bonchev–Trinajstić information content (AvgIpc) is 3.68. The van der Waals surface area contributed by atoms with Crippen LogP contribution in [0.15, 0.2) is 102 Å². The van der Waals surface area contributed by atoms with Gasteiger partial charge in [0.05, 0.1) is 23.0 Å². The number of esters is 3. The van der Waals surface area contributed by atoms with Crippen molar-refractivity contribution < 1.29 is 33.3 Å². The number of thioether (sulfide) groups is 1. The van der Waals surface area contributed by atoms with Crippen LogP contribution in [0.3, 0.4) is 0 Å². The maximum atomic E-state index is 13.5. The second-order valence-electron chi connectivity index (χ2n) is 10.8. The Balaban J connectivity index is 1.41. The Bertz CT molecular complexity index is 1870. The molecule has 0 N–H and O–H groups in total. The quantitative estimate of drug-likeness (QED) is 0.0885. The van der Waals surface area contributed by atoms with Crippen LogP contribution in [0, 0.1) is 0 Å². The van der Waals surface area contributed by atoms with Gasteiger partial charge in [0.1, 0.15) is 12.7 Å². The molecule has 5 aromatic rings. The second kappa shape index (κ2) is 14.0. The second-order valence-corrected chi connectivity index (χ2v) is 11.5. The largest absolute Gasteiger partial charge is 0.459 e. The lowest BCUT2D eigenvalue weighted by Gasteiger charge is -2.25. The van der Waals surface area contributed by atoms with Gasteiger partial charge in [0.25, 0.3) is 0 Å². The lowest BCUT2D eigenvalue weighted by atomic mass is 10.1. The van der Waals surface area contributed by atoms with Crippen LogP contribution < -0.4 is 4.90 Å². The molecule has 1 aliphatic rings. The van der Waals surface area contributed by atoms with Crippen molar-refractivity contribution in [3.05, 3.63) is 114 Å². The predicted octanol–water partition coefficient (Wildman–Crippen LogP) is 4.82. The number of carbonyl (C=O) groups is 3. The van der Waals surface area contributed by atoms with E-state index in [1.807, 2.05) is 25.3 Å². The van der Waals surface area contributed by atoms with Gasteiger partial charge in [0.2, 0.25) is 0 Å². The van der Waals surface area contributed by atoms with E-state index >= 15 is 0 Å². The molecule has 13 heteroatoms. The number of nitrogens with zero attached hydrogens (tertiary/aromatic N) is 5. The Hall–Kier alpha value is -5.27. The highest BCUT2D eigenvalue weighted by atomic mass is 32.2. The zero-order valence-corrected chi connectivity index (χ0v) is 26.6. The molecule has 47 heavy (non-hydrogen) atoms. The fourth-order valence-corrected chi connectivity index (χ4v) is 5.51. The van der Waals surface area contributed by atoms with E-state index < -0.39 is 42.4 Å². The molecule has 2 aromatic heterocycles. The monoisotopic (exact) mass is 653 g/mol. The van der Waals surface area contributed by atoms with Crippen LogP contribution in [0.2, 0.25) is 0 Å². The molecule has 3 aromatic carbocycles. The Kier molecular flexibility index (Phi) is 9.45. The highest BCUT2D eigenvalue weighted by Gasteiger charge is 2.52. The number of ether oxygens (including phenoxy) is 4. The van der Waals surface area contributed by atoms with Gasteiger partial charge in [-0.15, -0.1) is 0 Å². The topological polar surface area (TPSA) is 135 Å². The van der Waals surface area contributed by atoms with Gasteiger partial charge in [-0.2, -0.15) is 0 Å². The number of imidazole rings is 1. The molecule has 3 heterocycles. The number of fused-ring (bicyclic) bond motifs is 1. The highest BCUT2D eigenvalue weighted by molar-refractivity contribution is 7.98. The number of anilines is 1. The van der Waals surface area contributed by atoms with Crippen LogP contribution in [-0.2, 0) is 18.9 Å². The minimum absolute atomic E-state index is 0.283. The van der Waals surface area contributed by atoms with E-state index in [9.17, 15) is 14.4 Å². The summed E-state index contributed by atoms with van der Waals surface area (Å²) in [7, 11) is 3.69. The summed E-state index contributed by atoms with van der Waals surface area (Å²) in [5.74, 6) is -1.35. The smallest absolute Gasteiger partial charge is 0.338 e. The molecule has 0 aliphatic carbocycles. The summed E-state index contributed by atoms with van der Waals surface area (Å²) in [4.78, 5) is 55.6. The van der Waals surface area contributed by atoms with E-state index in [0.29, 0.717) is 27.7 Å². The molecule has 6 rings (SSSR count). The van der Waals surface area contributed by atoms with E-state index in [1.165, 1.54) is 18.1 Å². The fraction of sp³-hybridized carbons (Fsp3) is 0.235. The van der Waals surface area contributed by atoms with E-state index in [2.05, 4.69) is 9.97 Å². The molecule has 240 valence electrons. The van der Waals surface area contributed by atoms with Crippen LogP contribution in [-0.4, -0.2) is 82.7 Å². The molecule has 0 amide bonds. The lowest BCUT2D eigenvalue weighted by molar-refractivity contribution is -0.0606. The number of carbonyl (C=O) groups excluding carboxylic acids is 3. The van der Waals surface area contributed by atoms with Gasteiger partial charge in [-0.1, -0.05) is 66.4 Å². The molecular weight excluding hydrogens is 622 g/mol. The third-order valence-electron chi connectivity index (χ3n) is 7.44. The minimum Gasteiger partial charge on any atom is -0.459 e. The van der Waals surface area contributed by atoms with Crippen molar-refractivity contribution in [2.45, 2.75) is 29.7 Å². The van der Waals surface area contributed by atoms with E-state index in [0.717, 1.165) is 0 Å². The van der Waals surface area contributed by atoms with Crippen LogP contribution in [0.1, 0.15) is 37.3 Å². The van der Waals surface area contributed by atoms with Crippen molar-refractivity contribution in [1.82, 2.24) is 19.5 Å². The number of hydrogen-bond donors (Lipinski definition) is 0. The lowest BCUT2D eigenvalue weighted by Crippen LogP contribution is -2.41. The molecule has 0 spiro atoms. The highest BCUT2D eigenvalue weighted by Crippen LogP contribution is 2.38. The van der Waals surface area contributed by atoms with Gasteiger partial charge in [-0.05, 0) is 42.7 Å². The molecule has 0 radical (unpaired) electrons. The Morgan fingerprint density at radius 3 is 1.85 bits per heavy atom. The summed E-state index contributed by atoms with van der Waals surface area (Å²) in [6.07, 6.45) is -1.16. The third kappa shape index (κ3) is 6.81. The summed E-state index contributed by atoms with van der Waals surface area (Å²) in [6, 6.07) is 25.3. The zero-order chi connectivity index (χ0) is 32.9. The predicted molar refractivity (Wildman–Crippen MR) is 173 cm³/mol. The number of aromatic nitrogens is 4. The first-order chi connectivity index (χ1) is 22.8. The van der Waals surface area contributed by atoms with Gasteiger partial charge in [-0.25, -0.2) is 29.3 Å². The van der Waals surface area contributed by atoms with Crippen molar-refractivity contribution in [1.29, 1.82) is 0 Å². The molecule has 0 unspecified atom stereocenters. The first-order valence-corrected chi connectivity index (χ1v) is 15.9. The molecule has 1 fully saturated rings. The summed E-state index contributed by atoms with van der Waals surface area (Å²) in [6.45, 7) is -0.309. The molecular formula is C34H31N5O7S. The first kappa shape index (κ1) is 31.7. The average molecular weight is 654 g/mol. The van der Waals surface area contributed by atoms with Crippen LogP contribution in [0.25, 0.3) is 11.2 Å². The maximum Gasteiger partial charge on any atom is 0.338 e. The van der Waals surface area contributed by atoms with E-state index in [1.54, 1.807) is 95.6 Å². The van der Waals surface area contributed by atoms with Gasteiger partial charge in [-0.3, -0.25) is 4.57 Å². The van der Waals surface area contributed by atoms with Crippen molar-refractivity contribution in [3.8, 4) is 0 Å². The Labute approximate surface area is 274 Å². The van der Waals surface area contributed by atoms with E-state index in [4.69, 9.17) is 23.9 Å². The zero-order valence-electron chi connectivity index (χ0n) is 25.8. The van der Waals surface area contributed by atoms with Crippen molar-refractivity contribution in [3.63, 3.8) is 0 Å². The fourth-order valence-electron chi connectivity index (χ4n) is 5.15. The molecule has 1 aliphatic heterocycles. The molecule has 0 bridgehead atoms. The van der Waals surface area contributed by atoms with Crippen LogP contribution in [0.4, 0.5) is 5.82 Å². The van der Waals surface area contributed by atoms with Crippen molar-refractivity contribution in [2.24, 2.45) is 0 Å².